The van der Waals surface area contributed by atoms with E-state index < -0.39 is 0 Å². The fourth-order valence-electron chi connectivity index (χ4n) is 2.76. The molecule has 1 aliphatic heterocycles. The van der Waals surface area contributed by atoms with Crippen molar-refractivity contribution in [2.24, 2.45) is 11.8 Å². The van der Waals surface area contributed by atoms with Crippen LogP contribution in [0.3, 0.4) is 0 Å². The average molecular weight is 186 g/mol. The van der Waals surface area contributed by atoms with E-state index >= 15 is 0 Å². The zero-order valence-electron chi connectivity index (χ0n) is 6.16. The van der Waals surface area contributed by atoms with Gasteiger partial charge in [0, 0.05) is 10.5 Å². The molecule has 2 aliphatic carbocycles. The lowest BCUT2D eigenvalue weighted by atomic mass is 10.00. The number of fused-ring (bicyclic) bond motifs is 5. The molecule has 3 heteroatoms. The van der Waals surface area contributed by atoms with Crippen LogP contribution in [0.1, 0.15) is 19.3 Å². The summed E-state index contributed by atoms with van der Waals surface area (Å²) in [6.45, 7) is 0. The van der Waals surface area contributed by atoms with Gasteiger partial charge in [-0.2, -0.15) is 0 Å². The van der Waals surface area contributed by atoms with Crippen molar-refractivity contribution in [3.05, 3.63) is 0 Å². The van der Waals surface area contributed by atoms with Crippen molar-refractivity contribution in [2.45, 2.75) is 29.8 Å². The highest BCUT2D eigenvalue weighted by Crippen LogP contribution is 2.59. The maximum Gasteiger partial charge on any atom is 0.246 e. The number of carbonyl (C=O) groups excluding carboxylic acids is 1. The molecule has 0 aromatic heterocycles. The second-order valence-corrected chi connectivity index (χ2v) is 6.31. The van der Waals surface area contributed by atoms with Crippen molar-refractivity contribution in [1.29, 1.82) is 0 Å². The van der Waals surface area contributed by atoms with Crippen LogP contribution >= 0.6 is 23.5 Å². The van der Waals surface area contributed by atoms with Gasteiger partial charge in [0.15, 0.2) is 0 Å². The molecule has 0 amide bonds. The SMILES string of the molecule is O=C1S[C@@H]2[C@H]3CC[C@H](C3)[C@@H]2S1. The molecule has 0 radical (unpaired) electrons. The van der Waals surface area contributed by atoms with Crippen LogP contribution in [0.2, 0.25) is 0 Å². The Morgan fingerprint density at radius 1 is 1.09 bits per heavy atom. The minimum Gasteiger partial charge on any atom is -0.274 e. The molecule has 4 atom stereocenters. The van der Waals surface area contributed by atoms with Gasteiger partial charge in [-0.05, 0) is 31.1 Å². The Morgan fingerprint density at radius 3 is 2.18 bits per heavy atom. The highest BCUT2D eigenvalue weighted by Gasteiger charge is 2.53. The molecule has 0 spiro atoms. The molecule has 0 N–H and O–H groups in total. The molecule has 3 rings (SSSR count). The number of rotatable bonds is 0. The topological polar surface area (TPSA) is 17.1 Å². The van der Waals surface area contributed by atoms with Crippen LogP contribution in [0.5, 0.6) is 0 Å². The Balaban J connectivity index is 1.92. The Hall–Kier alpha value is 0.370. The molecule has 3 fully saturated rings. The van der Waals surface area contributed by atoms with Crippen molar-refractivity contribution < 1.29 is 4.79 Å². The van der Waals surface area contributed by atoms with Crippen molar-refractivity contribution in [3.63, 3.8) is 0 Å². The predicted molar refractivity (Wildman–Crippen MR) is 49.0 cm³/mol. The summed E-state index contributed by atoms with van der Waals surface area (Å²) in [5.74, 6) is 1.79. The van der Waals surface area contributed by atoms with Gasteiger partial charge >= 0.3 is 0 Å². The monoisotopic (exact) mass is 186 g/mol. The second kappa shape index (κ2) is 2.19. The van der Waals surface area contributed by atoms with Crippen LogP contribution in [0.4, 0.5) is 4.79 Å². The lowest BCUT2D eigenvalue weighted by Crippen LogP contribution is -2.22. The molecule has 1 heterocycles. The van der Waals surface area contributed by atoms with Crippen LogP contribution in [-0.2, 0) is 0 Å². The summed E-state index contributed by atoms with van der Waals surface area (Å²) in [6, 6.07) is 0. The van der Waals surface area contributed by atoms with E-state index in [1.807, 2.05) is 0 Å². The Bertz CT molecular complexity index is 196. The molecular weight excluding hydrogens is 176 g/mol. The zero-order chi connectivity index (χ0) is 7.42. The second-order valence-electron chi connectivity index (χ2n) is 3.75. The first-order valence-electron chi connectivity index (χ1n) is 4.22. The van der Waals surface area contributed by atoms with E-state index in [4.69, 9.17) is 0 Å². The summed E-state index contributed by atoms with van der Waals surface area (Å²) in [4.78, 5) is 11.1. The summed E-state index contributed by atoms with van der Waals surface area (Å²) >= 11 is 3.25. The molecular formula is C8H10OS2. The third kappa shape index (κ3) is 0.842. The average Bonchev–Trinajstić information content (AvgIpc) is 2.53. The Labute approximate surface area is 74.7 Å². The first-order chi connectivity index (χ1) is 5.34. The molecule has 0 unspecified atom stereocenters. The minimum atomic E-state index is 0.386. The van der Waals surface area contributed by atoms with E-state index in [9.17, 15) is 4.79 Å². The minimum absolute atomic E-state index is 0.386. The summed E-state index contributed by atoms with van der Waals surface area (Å²) in [5.41, 5.74) is 0. The molecule has 2 saturated carbocycles. The molecule has 3 aliphatic rings. The highest BCUT2D eigenvalue weighted by molar-refractivity contribution is 8.41. The summed E-state index contributed by atoms with van der Waals surface area (Å²) in [5, 5.41) is 1.43. The predicted octanol–water partition coefficient (Wildman–Crippen LogP) is 2.75. The molecule has 11 heavy (non-hydrogen) atoms. The van der Waals surface area contributed by atoms with E-state index in [2.05, 4.69) is 0 Å². The zero-order valence-corrected chi connectivity index (χ0v) is 7.79. The van der Waals surface area contributed by atoms with Crippen LogP contribution in [-0.4, -0.2) is 14.9 Å². The summed E-state index contributed by atoms with van der Waals surface area (Å²) < 4.78 is 0.386. The Kier molecular flexibility index (Phi) is 1.36. The van der Waals surface area contributed by atoms with Crippen LogP contribution in [0.15, 0.2) is 0 Å². The van der Waals surface area contributed by atoms with E-state index in [0.29, 0.717) is 14.9 Å². The lowest BCUT2D eigenvalue weighted by molar-refractivity contribution is 0.276. The van der Waals surface area contributed by atoms with Gasteiger partial charge in [0.05, 0.1) is 0 Å². The van der Waals surface area contributed by atoms with Gasteiger partial charge in [0.1, 0.15) is 0 Å². The van der Waals surface area contributed by atoms with Gasteiger partial charge in [0.2, 0.25) is 4.45 Å². The quantitative estimate of drug-likeness (QED) is 0.579. The molecule has 0 aromatic rings. The summed E-state index contributed by atoms with van der Waals surface area (Å²) in [7, 11) is 0. The molecule has 60 valence electrons. The highest BCUT2D eigenvalue weighted by atomic mass is 32.2. The van der Waals surface area contributed by atoms with E-state index in [1.54, 1.807) is 23.5 Å². The van der Waals surface area contributed by atoms with E-state index in [-0.39, 0.29) is 0 Å². The smallest absolute Gasteiger partial charge is 0.246 e. The van der Waals surface area contributed by atoms with Crippen LogP contribution in [0, 0.1) is 11.8 Å². The first-order valence-corrected chi connectivity index (χ1v) is 5.98. The first kappa shape index (κ1) is 6.84. The normalized spacial score (nSPS) is 53.6. The number of carbonyl (C=O) groups is 1. The lowest BCUT2D eigenvalue weighted by Gasteiger charge is -2.20. The molecule has 0 aromatic carbocycles. The Morgan fingerprint density at radius 2 is 1.64 bits per heavy atom. The van der Waals surface area contributed by atoms with Gasteiger partial charge < -0.3 is 0 Å². The maximum absolute atomic E-state index is 11.1. The molecule has 1 saturated heterocycles. The van der Waals surface area contributed by atoms with Gasteiger partial charge in [0.25, 0.3) is 0 Å². The third-order valence-corrected chi connectivity index (χ3v) is 6.27. The van der Waals surface area contributed by atoms with E-state index in [1.165, 1.54) is 19.3 Å². The van der Waals surface area contributed by atoms with Gasteiger partial charge in [-0.25, -0.2) is 0 Å². The maximum atomic E-state index is 11.1. The fourth-order valence-corrected chi connectivity index (χ4v) is 6.02. The van der Waals surface area contributed by atoms with Crippen LogP contribution in [0.25, 0.3) is 0 Å². The number of hydrogen-bond donors (Lipinski definition) is 0. The van der Waals surface area contributed by atoms with Gasteiger partial charge in [-0.1, -0.05) is 23.5 Å². The number of thioether (sulfide) groups is 2. The van der Waals surface area contributed by atoms with Gasteiger partial charge in [-0.15, -0.1) is 0 Å². The summed E-state index contributed by atoms with van der Waals surface area (Å²) in [6.07, 6.45) is 4.21. The van der Waals surface area contributed by atoms with Crippen molar-refractivity contribution in [1.82, 2.24) is 0 Å². The molecule has 2 bridgehead atoms. The number of hydrogen-bond acceptors (Lipinski definition) is 3. The van der Waals surface area contributed by atoms with Crippen molar-refractivity contribution in [3.8, 4) is 0 Å². The van der Waals surface area contributed by atoms with Crippen molar-refractivity contribution >= 4 is 28.0 Å². The van der Waals surface area contributed by atoms with Crippen molar-refractivity contribution in [2.75, 3.05) is 0 Å². The van der Waals surface area contributed by atoms with E-state index in [0.717, 1.165) is 11.8 Å². The fraction of sp³-hybridized carbons (Fsp3) is 0.875. The van der Waals surface area contributed by atoms with Gasteiger partial charge in [-0.3, -0.25) is 4.79 Å². The largest absolute Gasteiger partial charge is 0.274 e. The standard InChI is InChI=1S/C8H10OS2/c9-8-10-6-4-1-2-5(3-4)7(6)11-8/h4-7H,1-3H2/t4-,5+,6+,7-. The molecule has 1 nitrogen and oxygen atoms in total. The third-order valence-electron chi connectivity index (χ3n) is 3.23. The van der Waals surface area contributed by atoms with Crippen LogP contribution < -0.4 is 0 Å².